The number of ether oxygens (including phenoxy) is 1. The van der Waals surface area contributed by atoms with Gasteiger partial charge in [0.1, 0.15) is 11.7 Å². The van der Waals surface area contributed by atoms with Crippen LogP contribution in [0.3, 0.4) is 0 Å². The van der Waals surface area contributed by atoms with E-state index in [1.54, 1.807) is 0 Å². The summed E-state index contributed by atoms with van der Waals surface area (Å²) in [7, 11) is 3.13. The van der Waals surface area contributed by atoms with Gasteiger partial charge in [-0.3, -0.25) is 14.4 Å². The Kier molecular flexibility index (Phi) is 7.29. The Balaban J connectivity index is 1.67. The predicted octanol–water partition coefficient (Wildman–Crippen LogP) is 2.43. The molecule has 1 heterocycles. The summed E-state index contributed by atoms with van der Waals surface area (Å²) in [6.45, 7) is 0. The van der Waals surface area contributed by atoms with Gasteiger partial charge in [-0.15, -0.1) is 0 Å². The molecule has 1 saturated carbocycles. The van der Waals surface area contributed by atoms with Gasteiger partial charge in [0, 0.05) is 30.4 Å². The molecule has 8 heteroatoms. The number of esters is 1. The third kappa shape index (κ3) is 5.23. The molecule has 0 spiro atoms. The van der Waals surface area contributed by atoms with Crippen molar-refractivity contribution in [1.82, 2.24) is 15.2 Å². The van der Waals surface area contributed by atoms with Crippen LogP contribution in [0.2, 0.25) is 0 Å². The molecule has 164 valence electrons. The standard InChI is InChI=1S/C23H28N4O4/c1-27-19-10-6-3-7-15(19)13-20(27)23(30)26-18-9-5-4-8-17(18)22(29)25-16(14-24)11-12-21(28)31-2/h3,6-7,10,13,16-18H,4-5,8-9,11-12H2,1-2H3,(H,25,29)(H,26,30). The predicted molar refractivity (Wildman–Crippen MR) is 115 cm³/mol. The molecule has 0 bridgehead atoms. The van der Waals surface area contributed by atoms with Crippen molar-refractivity contribution in [3.63, 3.8) is 0 Å². The molecule has 2 N–H and O–H groups in total. The Morgan fingerprint density at radius 1 is 1.26 bits per heavy atom. The fraction of sp³-hybridized carbons (Fsp3) is 0.478. The lowest BCUT2D eigenvalue weighted by atomic mass is 9.83. The Labute approximate surface area is 181 Å². The zero-order valence-corrected chi connectivity index (χ0v) is 17.9. The molecule has 1 fully saturated rings. The van der Waals surface area contributed by atoms with E-state index in [0.29, 0.717) is 18.5 Å². The normalized spacial score (nSPS) is 19.3. The second-order valence-corrected chi connectivity index (χ2v) is 7.92. The third-order valence-electron chi connectivity index (χ3n) is 5.94. The number of nitrogens with one attached hydrogen (secondary N) is 2. The summed E-state index contributed by atoms with van der Waals surface area (Å²) in [4.78, 5) is 37.2. The van der Waals surface area contributed by atoms with Crippen molar-refractivity contribution >= 4 is 28.7 Å². The maximum Gasteiger partial charge on any atom is 0.305 e. The van der Waals surface area contributed by atoms with E-state index < -0.39 is 17.9 Å². The number of aromatic nitrogens is 1. The first kappa shape index (κ1) is 22.3. The number of hydrogen-bond acceptors (Lipinski definition) is 5. The summed E-state index contributed by atoms with van der Waals surface area (Å²) in [6, 6.07) is 10.6. The van der Waals surface area contributed by atoms with Gasteiger partial charge in [-0.25, -0.2) is 0 Å². The average Bonchev–Trinajstić information content (AvgIpc) is 3.13. The summed E-state index contributed by atoms with van der Waals surface area (Å²) >= 11 is 0. The molecule has 1 aliphatic rings. The summed E-state index contributed by atoms with van der Waals surface area (Å²) in [5.41, 5.74) is 1.51. The fourth-order valence-electron chi connectivity index (χ4n) is 4.18. The molecule has 2 amide bonds. The number of nitrogens with zero attached hydrogens (tertiary/aromatic N) is 2. The van der Waals surface area contributed by atoms with Crippen LogP contribution < -0.4 is 10.6 Å². The van der Waals surface area contributed by atoms with E-state index >= 15 is 0 Å². The molecule has 1 aliphatic carbocycles. The number of amides is 2. The fourth-order valence-corrected chi connectivity index (χ4v) is 4.18. The van der Waals surface area contributed by atoms with Gasteiger partial charge in [0.05, 0.1) is 19.1 Å². The van der Waals surface area contributed by atoms with Gasteiger partial charge in [-0.2, -0.15) is 5.26 Å². The van der Waals surface area contributed by atoms with E-state index in [9.17, 15) is 19.6 Å². The lowest BCUT2D eigenvalue weighted by Gasteiger charge is -2.31. The number of fused-ring (bicyclic) bond motifs is 1. The third-order valence-corrected chi connectivity index (χ3v) is 5.94. The van der Waals surface area contributed by atoms with Crippen molar-refractivity contribution in [2.24, 2.45) is 13.0 Å². The summed E-state index contributed by atoms with van der Waals surface area (Å²) in [5, 5.41) is 16.1. The minimum atomic E-state index is -0.775. The molecule has 0 saturated heterocycles. The van der Waals surface area contributed by atoms with Crippen LogP contribution in [0, 0.1) is 17.2 Å². The highest BCUT2D eigenvalue weighted by Crippen LogP contribution is 2.26. The zero-order chi connectivity index (χ0) is 22.4. The monoisotopic (exact) mass is 424 g/mol. The van der Waals surface area contributed by atoms with Gasteiger partial charge in [0.15, 0.2) is 0 Å². The number of nitriles is 1. The molecule has 1 aromatic heterocycles. The van der Waals surface area contributed by atoms with Crippen LogP contribution in [0.25, 0.3) is 10.9 Å². The molecule has 0 radical (unpaired) electrons. The van der Waals surface area contributed by atoms with E-state index in [1.165, 1.54) is 7.11 Å². The minimum Gasteiger partial charge on any atom is -0.469 e. The summed E-state index contributed by atoms with van der Waals surface area (Å²) < 4.78 is 6.44. The van der Waals surface area contributed by atoms with E-state index in [0.717, 1.165) is 23.7 Å². The molecule has 1 aromatic carbocycles. The van der Waals surface area contributed by atoms with Gasteiger partial charge in [0.2, 0.25) is 5.91 Å². The highest BCUT2D eigenvalue weighted by Gasteiger charge is 2.33. The van der Waals surface area contributed by atoms with E-state index in [-0.39, 0.29) is 30.7 Å². The van der Waals surface area contributed by atoms with E-state index in [2.05, 4.69) is 15.4 Å². The van der Waals surface area contributed by atoms with Gasteiger partial charge in [-0.05, 0) is 31.4 Å². The molecular formula is C23H28N4O4. The Morgan fingerprint density at radius 3 is 2.71 bits per heavy atom. The first-order chi connectivity index (χ1) is 14.9. The van der Waals surface area contributed by atoms with Crippen molar-refractivity contribution in [1.29, 1.82) is 5.26 Å². The van der Waals surface area contributed by atoms with Gasteiger partial charge >= 0.3 is 5.97 Å². The van der Waals surface area contributed by atoms with Crippen molar-refractivity contribution in [3.05, 3.63) is 36.0 Å². The van der Waals surface area contributed by atoms with Crippen LogP contribution in [0.15, 0.2) is 30.3 Å². The molecule has 3 unspecified atom stereocenters. The Bertz CT molecular complexity index is 1010. The second-order valence-electron chi connectivity index (χ2n) is 7.92. The number of methoxy groups -OCH3 is 1. The summed E-state index contributed by atoms with van der Waals surface area (Å²) in [6.07, 6.45) is 3.40. The van der Waals surface area contributed by atoms with Crippen molar-refractivity contribution in [2.45, 2.75) is 50.6 Å². The number of hydrogen-bond donors (Lipinski definition) is 2. The van der Waals surface area contributed by atoms with E-state index in [1.807, 2.05) is 48.0 Å². The maximum absolute atomic E-state index is 13.0. The zero-order valence-electron chi connectivity index (χ0n) is 17.9. The summed E-state index contributed by atoms with van der Waals surface area (Å²) in [5.74, 6) is -1.32. The molecule has 8 nitrogen and oxygen atoms in total. The number of carbonyl (C=O) groups is 3. The second kappa shape index (κ2) is 10.1. The molecule has 31 heavy (non-hydrogen) atoms. The van der Waals surface area contributed by atoms with Crippen LogP contribution in [-0.2, 0) is 21.4 Å². The lowest BCUT2D eigenvalue weighted by molar-refractivity contribution is -0.141. The maximum atomic E-state index is 13.0. The number of carbonyl (C=O) groups excluding carboxylic acids is 3. The van der Waals surface area contributed by atoms with Crippen molar-refractivity contribution in [3.8, 4) is 6.07 Å². The number of aryl methyl sites for hydroxylation is 1. The SMILES string of the molecule is COC(=O)CCC(C#N)NC(=O)C1CCCCC1NC(=O)c1cc2ccccc2n1C. The van der Waals surface area contributed by atoms with E-state index in [4.69, 9.17) is 0 Å². The topological polar surface area (TPSA) is 113 Å². The molecule has 3 atom stereocenters. The Hall–Kier alpha value is -3.34. The number of benzene rings is 1. The van der Waals surface area contributed by atoms with Gasteiger partial charge < -0.3 is 19.9 Å². The van der Waals surface area contributed by atoms with Crippen molar-refractivity contribution < 1.29 is 19.1 Å². The largest absolute Gasteiger partial charge is 0.469 e. The van der Waals surface area contributed by atoms with Gasteiger partial charge in [-0.1, -0.05) is 31.0 Å². The van der Waals surface area contributed by atoms with Crippen LogP contribution >= 0.6 is 0 Å². The molecule has 2 aromatic rings. The smallest absolute Gasteiger partial charge is 0.305 e. The first-order valence-electron chi connectivity index (χ1n) is 10.6. The first-order valence-corrected chi connectivity index (χ1v) is 10.6. The lowest BCUT2D eigenvalue weighted by Crippen LogP contribution is -2.50. The average molecular weight is 425 g/mol. The Morgan fingerprint density at radius 2 is 2.00 bits per heavy atom. The van der Waals surface area contributed by atoms with Crippen molar-refractivity contribution in [2.75, 3.05) is 7.11 Å². The molecular weight excluding hydrogens is 396 g/mol. The van der Waals surface area contributed by atoms with Gasteiger partial charge in [0.25, 0.3) is 5.91 Å². The van der Waals surface area contributed by atoms with Crippen LogP contribution in [0.4, 0.5) is 0 Å². The van der Waals surface area contributed by atoms with Crippen LogP contribution in [0.5, 0.6) is 0 Å². The molecule has 0 aliphatic heterocycles. The minimum absolute atomic E-state index is 0.0564. The highest BCUT2D eigenvalue weighted by molar-refractivity contribution is 5.99. The quantitative estimate of drug-likeness (QED) is 0.663. The number of para-hydroxylation sites is 1. The highest BCUT2D eigenvalue weighted by atomic mass is 16.5. The number of rotatable bonds is 7. The van der Waals surface area contributed by atoms with Crippen LogP contribution in [-0.4, -0.2) is 41.5 Å². The van der Waals surface area contributed by atoms with Crippen LogP contribution in [0.1, 0.15) is 49.0 Å². The molecule has 3 rings (SSSR count).